The predicted octanol–water partition coefficient (Wildman–Crippen LogP) is 4.06. The summed E-state index contributed by atoms with van der Waals surface area (Å²) >= 11 is 0. The molecule has 10 heteroatoms. The minimum Gasteiger partial charge on any atom is -0.484 e. The standard InChI is InChI=1S/C14H12F5N3O2/c1-13(15,16)12-21-11(24-22-12)9-4-10(23-6-14(17,18)19)8(5-20-9)7-2-3-7/h4-5,7H,2-3,6H2,1H3. The van der Waals surface area contributed by atoms with E-state index in [-0.39, 0.29) is 23.3 Å². The Hall–Kier alpha value is -2.26. The van der Waals surface area contributed by atoms with E-state index in [2.05, 4.69) is 15.1 Å². The van der Waals surface area contributed by atoms with Crippen molar-refractivity contribution in [3.8, 4) is 17.3 Å². The molecule has 0 N–H and O–H groups in total. The monoisotopic (exact) mass is 349 g/mol. The Balaban J connectivity index is 1.90. The van der Waals surface area contributed by atoms with E-state index >= 15 is 0 Å². The summed E-state index contributed by atoms with van der Waals surface area (Å²) in [5.74, 6) is -4.37. The van der Waals surface area contributed by atoms with Crippen molar-refractivity contribution in [3.05, 3.63) is 23.7 Å². The summed E-state index contributed by atoms with van der Waals surface area (Å²) in [6.07, 6.45) is -1.48. The number of ether oxygens (including phenoxy) is 1. The lowest BCUT2D eigenvalue weighted by molar-refractivity contribution is -0.153. The van der Waals surface area contributed by atoms with Gasteiger partial charge in [-0.15, -0.1) is 0 Å². The van der Waals surface area contributed by atoms with Crippen LogP contribution < -0.4 is 4.74 Å². The van der Waals surface area contributed by atoms with Gasteiger partial charge in [-0.2, -0.15) is 26.9 Å². The molecule has 1 fully saturated rings. The second-order valence-electron chi connectivity index (χ2n) is 5.60. The highest BCUT2D eigenvalue weighted by molar-refractivity contribution is 5.53. The van der Waals surface area contributed by atoms with Crippen LogP contribution in [0.5, 0.6) is 5.75 Å². The van der Waals surface area contributed by atoms with Gasteiger partial charge in [0.1, 0.15) is 11.4 Å². The number of rotatable bonds is 5. The van der Waals surface area contributed by atoms with E-state index in [1.165, 1.54) is 12.3 Å². The Bertz CT molecular complexity index is 735. The number of nitrogens with zero attached hydrogens (tertiary/aromatic N) is 3. The minimum atomic E-state index is -4.49. The van der Waals surface area contributed by atoms with Crippen molar-refractivity contribution in [2.24, 2.45) is 0 Å². The molecule has 0 amide bonds. The first-order valence-electron chi connectivity index (χ1n) is 7.05. The largest absolute Gasteiger partial charge is 0.484 e. The van der Waals surface area contributed by atoms with Crippen LogP contribution in [0.4, 0.5) is 22.0 Å². The van der Waals surface area contributed by atoms with Crippen molar-refractivity contribution in [2.75, 3.05) is 6.61 Å². The first-order chi connectivity index (χ1) is 11.1. The molecule has 0 atom stereocenters. The maximum absolute atomic E-state index is 13.1. The van der Waals surface area contributed by atoms with Crippen molar-refractivity contribution >= 4 is 0 Å². The zero-order valence-electron chi connectivity index (χ0n) is 12.4. The van der Waals surface area contributed by atoms with Gasteiger partial charge in [0.25, 0.3) is 5.89 Å². The van der Waals surface area contributed by atoms with E-state index in [0.717, 1.165) is 12.8 Å². The van der Waals surface area contributed by atoms with Gasteiger partial charge in [-0.25, -0.2) is 0 Å². The average molecular weight is 349 g/mol. The average Bonchev–Trinajstić information content (AvgIpc) is 3.18. The number of halogens is 5. The van der Waals surface area contributed by atoms with Crippen LogP contribution >= 0.6 is 0 Å². The molecule has 5 nitrogen and oxygen atoms in total. The van der Waals surface area contributed by atoms with Gasteiger partial charge < -0.3 is 9.26 Å². The Morgan fingerprint density at radius 3 is 2.50 bits per heavy atom. The third kappa shape index (κ3) is 3.80. The fourth-order valence-corrected chi connectivity index (χ4v) is 2.06. The molecule has 0 bridgehead atoms. The Labute approximate surface area is 132 Å². The highest BCUT2D eigenvalue weighted by atomic mass is 19.4. The number of aromatic nitrogens is 3. The lowest BCUT2D eigenvalue weighted by Gasteiger charge is -2.13. The highest BCUT2D eigenvalue weighted by Crippen LogP contribution is 2.45. The van der Waals surface area contributed by atoms with Crippen molar-refractivity contribution in [3.63, 3.8) is 0 Å². The summed E-state index contributed by atoms with van der Waals surface area (Å²) in [6, 6.07) is 1.20. The zero-order chi connectivity index (χ0) is 17.5. The van der Waals surface area contributed by atoms with Crippen LogP contribution in [0, 0.1) is 0 Å². The van der Waals surface area contributed by atoms with E-state index in [4.69, 9.17) is 9.26 Å². The lowest BCUT2D eigenvalue weighted by atomic mass is 10.1. The molecule has 2 heterocycles. The van der Waals surface area contributed by atoms with Crippen molar-refractivity contribution < 1.29 is 31.2 Å². The lowest BCUT2D eigenvalue weighted by Crippen LogP contribution is -2.19. The fraction of sp³-hybridized carbons (Fsp3) is 0.500. The molecule has 1 aliphatic carbocycles. The molecule has 0 aliphatic heterocycles. The fourth-order valence-electron chi connectivity index (χ4n) is 2.06. The van der Waals surface area contributed by atoms with Gasteiger partial charge in [0, 0.05) is 24.8 Å². The third-order valence-electron chi connectivity index (χ3n) is 3.34. The second kappa shape index (κ2) is 5.67. The molecule has 2 aromatic rings. The number of hydrogen-bond donors (Lipinski definition) is 0. The zero-order valence-corrected chi connectivity index (χ0v) is 12.4. The first kappa shape index (κ1) is 16.6. The smallest absolute Gasteiger partial charge is 0.422 e. The van der Waals surface area contributed by atoms with Gasteiger partial charge in [0.05, 0.1) is 0 Å². The summed E-state index contributed by atoms with van der Waals surface area (Å²) in [5.41, 5.74) is 0.517. The van der Waals surface area contributed by atoms with Crippen LogP contribution in [0.15, 0.2) is 16.8 Å². The SMILES string of the molecule is CC(F)(F)c1noc(-c2cc(OCC(F)(F)F)c(C3CC3)cn2)n1. The van der Waals surface area contributed by atoms with Crippen LogP contribution in [0.3, 0.4) is 0 Å². The van der Waals surface area contributed by atoms with Gasteiger partial charge in [-0.05, 0) is 18.8 Å². The summed E-state index contributed by atoms with van der Waals surface area (Å²) in [5, 5.41) is 3.15. The Morgan fingerprint density at radius 2 is 1.96 bits per heavy atom. The minimum absolute atomic E-state index is 0.0113. The van der Waals surface area contributed by atoms with Crippen LogP contribution in [0.1, 0.15) is 37.1 Å². The van der Waals surface area contributed by atoms with E-state index in [0.29, 0.717) is 12.5 Å². The maximum atomic E-state index is 13.1. The van der Waals surface area contributed by atoms with E-state index in [1.807, 2.05) is 0 Å². The topological polar surface area (TPSA) is 61.0 Å². The number of pyridine rings is 1. The Kier molecular flexibility index (Phi) is 3.92. The van der Waals surface area contributed by atoms with E-state index < -0.39 is 24.5 Å². The van der Waals surface area contributed by atoms with Gasteiger partial charge in [-0.3, -0.25) is 4.98 Å². The normalized spacial score (nSPS) is 15.6. The molecular formula is C14H12F5N3O2. The number of alkyl halides is 5. The van der Waals surface area contributed by atoms with E-state index in [9.17, 15) is 22.0 Å². The van der Waals surface area contributed by atoms with Crippen LogP contribution in [0.2, 0.25) is 0 Å². The van der Waals surface area contributed by atoms with E-state index in [1.54, 1.807) is 0 Å². The van der Waals surface area contributed by atoms with Crippen LogP contribution in [-0.4, -0.2) is 27.9 Å². The predicted molar refractivity (Wildman–Crippen MR) is 70.6 cm³/mol. The van der Waals surface area contributed by atoms with Crippen molar-refractivity contribution in [2.45, 2.75) is 37.8 Å². The molecule has 24 heavy (non-hydrogen) atoms. The van der Waals surface area contributed by atoms with Gasteiger partial charge in [-0.1, -0.05) is 5.16 Å². The molecule has 3 rings (SSSR count). The molecular weight excluding hydrogens is 337 g/mol. The highest BCUT2D eigenvalue weighted by Gasteiger charge is 2.34. The molecule has 0 radical (unpaired) electrons. The van der Waals surface area contributed by atoms with Crippen molar-refractivity contribution in [1.82, 2.24) is 15.1 Å². The number of hydrogen-bond acceptors (Lipinski definition) is 5. The molecule has 0 spiro atoms. The summed E-state index contributed by atoms with van der Waals surface area (Å²) in [7, 11) is 0. The molecule has 130 valence electrons. The van der Waals surface area contributed by atoms with Crippen molar-refractivity contribution in [1.29, 1.82) is 0 Å². The molecule has 0 saturated heterocycles. The molecule has 1 saturated carbocycles. The summed E-state index contributed by atoms with van der Waals surface area (Å²) in [6.45, 7) is -0.860. The molecule has 0 aromatic carbocycles. The second-order valence-corrected chi connectivity index (χ2v) is 5.60. The van der Waals surface area contributed by atoms with Gasteiger partial charge >= 0.3 is 12.1 Å². The maximum Gasteiger partial charge on any atom is 0.422 e. The van der Waals surface area contributed by atoms with Gasteiger partial charge in [0.2, 0.25) is 5.82 Å². The van der Waals surface area contributed by atoms with Gasteiger partial charge in [0.15, 0.2) is 6.61 Å². The Morgan fingerprint density at radius 1 is 1.25 bits per heavy atom. The summed E-state index contributed by atoms with van der Waals surface area (Å²) < 4.78 is 73.0. The third-order valence-corrected chi connectivity index (χ3v) is 3.34. The van der Waals surface area contributed by atoms with Crippen LogP contribution in [0.25, 0.3) is 11.6 Å². The quantitative estimate of drug-likeness (QED) is 0.762. The molecule has 0 unspecified atom stereocenters. The molecule has 2 aromatic heterocycles. The molecule has 1 aliphatic rings. The first-order valence-corrected chi connectivity index (χ1v) is 7.05. The van der Waals surface area contributed by atoms with Crippen LogP contribution in [-0.2, 0) is 5.92 Å². The summed E-state index contributed by atoms with van der Waals surface area (Å²) in [4.78, 5) is 7.53.